The second-order valence-corrected chi connectivity index (χ2v) is 7.54. The molecule has 26 heavy (non-hydrogen) atoms. The Balaban J connectivity index is 1.54. The summed E-state index contributed by atoms with van der Waals surface area (Å²) in [6.07, 6.45) is 1.72. The maximum atomic E-state index is 12.0. The third-order valence-corrected chi connectivity index (χ3v) is 5.68. The van der Waals surface area contributed by atoms with Gasteiger partial charge in [0.05, 0.1) is 18.8 Å². The van der Waals surface area contributed by atoms with Gasteiger partial charge in [0.2, 0.25) is 0 Å². The highest BCUT2D eigenvalue weighted by Gasteiger charge is 2.11. The predicted molar refractivity (Wildman–Crippen MR) is 104 cm³/mol. The summed E-state index contributed by atoms with van der Waals surface area (Å²) < 4.78 is 7.60. The molecule has 0 radical (unpaired) electrons. The van der Waals surface area contributed by atoms with E-state index < -0.39 is 0 Å². The molecule has 1 N–H and O–H groups in total. The summed E-state index contributed by atoms with van der Waals surface area (Å²) in [5.74, 6) is -0.294. The molecule has 0 saturated heterocycles. The van der Waals surface area contributed by atoms with E-state index in [0.29, 0.717) is 28.7 Å². The topological polar surface area (TPSA) is 72.7 Å². The molecule has 8 heteroatoms. The minimum absolute atomic E-state index is 0.0829. The van der Waals surface area contributed by atoms with Crippen molar-refractivity contribution in [2.75, 3.05) is 11.9 Å². The molecule has 0 unspecified atom stereocenters. The number of hydrogen-bond donors (Lipinski definition) is 1. The SMILES string of the molecule is CCOC(=O)c1cc2cc(NCc3cc(=O)n4ccsc4n3)ccc2s1. The highest BCUT2D eigenvalue weighted by Crippen LogP contribution is 2.28. The molecular formula is C18H15N3O3S2. The van der Waals surface area contributed by atoms with Crippen molar-refractivity contribution >= 4 is 49.4 Å². The number of ether oxygens (including phenoxy) is 1. The molecule has 0 fully saturated rings. The van der Waals surface area contributed by atoms with Gasteiger partial charge in [-0.05, 0) is 36.6 Å². The maximum Gasteiger partial charge on any atom is 0.348 e. The quantitative estimate of drug-likeness (QED) is 0.530. The Hall–Kier alpha value is -2.71. The van der Waals surface area contributed by atoms with Gasteiger partial charge in [0.1, 0.15) is 4.88 Å². The molecule has 132 valence electrons. The number of rotatable bonds is 5. The van der Waals surface area contributed by atoms with Crippen LogP contribution in [0.4, 0.5) is 5.69 Å². The normalized spacial score (nSPS) is 11.1. The zero-order valence-corrected chi connectivity index (χ0v) is 15.5. The maximum absolute atomic E-state index is 12.0. The molecule has 3 aromatic heterocycles. The van der Waals surface area contributed by atoms with Gasteiger partial charge in [-0.2, -0.15) is 0 Å². The number of thiophene rings is 1. The van der Waals surface area contributed by atoms with Crippen LogP contribution in [0.15, 0.2) is 46.7 Å². The lowest BCUT2D eigenvalue weighted by Crippen LogP contribution is -2.14. The lowest BCUT2D eigenvalue weighted by Gasteiger charge is -2.06. The first-order valence-electron chi connectivity index (χ1n) is 8.04. The van der Waals surface area contributed by atoms with Crippen molar-refractivity contribution in [3.8, 4) is 0 Å². The summed E-state index contributed by atoms with van der Waals surface area (Å²) in [6.45, 7) is 2.60. The molecule has 0 atom stereocenters. The molecule has 0 spiro atoms. The number of benzene rings is 1. The van der Waals surface area contributed by atoms with E-state index in [9.17, 15) is 9.59 Å². The van der Waals surface area contributed by atoms with Crippen molar-refractivity contribution < 1.29 is 9.53 Å². The predicted octanol–water partition coefficient (Wildman–Crippen LogP) is 3.76. The molecule has 0 aliphatic heterocycles. The zero-order valence-electron chi connectivity index (χ0n) is 13.9. The first-order chi connectivity index (χ1) is 12.6. The first-order valence-corrected chi connectivity index (χ1v) is 9.74. The standard InChI is InChI=1S/C18H15N3O3S2/c1-2-24-17(23)15-8-11-7-12(3-4-14(11)26-15)19-10-13-9-16(22)21-5-6-25-18(21)20-13/h3-9,19H,2,10H2,1H3. The third kappa shape index (κ3) is 3.21. The molecule has 0 amide bonds. The van der Waals surface area contributed by atoms with Crippen LogP contribution in [-0.2, 0) is 11.3 Å². The molecule has 0 aliphatic rings. The highest BCUT2D eigenvalue weighted by atomic mass is 32.1. The van der Waals surface area contributed by atoms with Gasteiger partial charge < -0.3 is 10.1 Å². The third-order valence-electron chi connectivity index (χ3n) is 3.82. The number of esters is 1. The van der Waals surface area contributed by atoms with Crippen LogP contribution in [0.2, 0.25) is 0 Å². The summed E-state index contributed by atoms with van der Waals surface area (Å²) in [7, 11) is 0. The number of hydrogen-bond acceptors (Lipinski definition) is 7. The molecule has 4 rings (SSSR count). The van der Waals surface area contributed by atoms with Crippen LogP contribution in [-0.4, -0.2) is 22.0 Å². The van der Waals surface area contributed by atoms with Crippen molar-refractivity contribution in [3.63, 3.8) is 0 Å². The van der Waals surface area contributed by atoms with E-state index in [0.717, 1.165) is 15.8 Å². The Kier molecular flexibility index (Phi) is 4.44. The Labute approximate surface area is 156 Å². The van der Waals surface area contributed by atoms with E-state index >= 15 is 0 Å². The molecule has 1 aromatic carbocycles. The highest BCUT2D eigenvalue weighted by molar-refractivity contribution is 7.20. The number of anilines is 1. The van der Waals surface area contributed by atoms with Crippen molar-refractivity contribution in [2.45, 2.75) is 13.5 Å². The summed E-state index contributed by atoms with van der Waals surface area (Å²) in [5.41, 5.74) is 1.51. The van der Waals surface area contributed by atoms with Gasteiger partial charge in [-0.1, -0.05) is 0 Å². The molecular weight excluding hydrogens is 370 g/mol. The van der Waals surface area contributed by atoms with Crippen molar-refractivity contribution in [3.05, 3.63) is 62.8 Å². The van der Waals surface area contributed by atoms with Crippen LogP contribution in [0.3, 0.4) is 0 Å². The van der Waals surface area contributed by atoms with Crippen LogP contribution in [0, 0.1) is 0 Å². The van der Waals surface area contributed by atoms with Gasteiger partial charge in [0.15, 0.2) is 4.96 Å². The van der Waals surface area contributed by atoms with Crippen LogP contribution < -0.4 is 10.9 Å². The largest absolute Gasteiger partial charge is 0.462 e. The molecule has 6 nitrogen and oxygen atoms in total. The second-order valence-electron chi connectivity index (χ2n) is 5.58. The molecule has 4 aromatic rings. The fourth-order valence-corrected chi connectivity index (χ4v) is 4.30. The average molecular weight is 385 g/mol. The monoisotopic (exact) mass is 385 g/mol. The number of thiazole rings is 1. The van der Waals surface area contributed by atoms with Crippen LogP contribution >= 0.6 is 22.7 Å². The van der Waals surface area contributed by atoms with Crippen LogP contribution in [0.25, 0.3) is 15.0 Å². The van der Waals surface area contributed by atoms with Gasteiger partial charge in [-0.3, -0.25) is 9.20 Å². The van der Waals surface area contributed by atoms with Crippen molar-refractivity contribution in [1.82, 2.24) is 9.38 Å². The Bertz CT molecular complexity index is 1160. The average Bonchev–Trinajstić information content (AvgIpc) is 3.26. The lowest BCUT2D eigenvalue weighted by molar-refractivity contribution is 0.0532. The fraction of sp³-hybridized carbons (Fsp3) is 0.167. The van der Waals surface area contributed by atoms with Gasteiger partial charge >= 0.3 is 5.97 Å². The molecule has 0 bridgehead atoms. The van der Waals surface area contributed by atoms with E-state index in [1.165, 1.54) is 33.1 Å². The Morgan fingerprint density at radius 2 is 2.19 bits per heavy atom. The van der Waals surface area contributed by atoms with Gasteiger partial charge in [-0.15, -0.1) is 22.7 Å². The fourth-order valence-electron chi connectivity index (χ4n) is 2.63. The minimum atomic E-state index is -0.294. The molecule has 0 saturated carbocycles. The number of carbonyl (C=O) groups excluding carboxylic acids is 1. The van der Waals surface area contributed by atoms with Crippen LogP contribution in [0.1, 0.15) is 22.3 Å². The van der Waals surface area contributed by atoms with Crippen LogP contribution in [0.5, 0.6) is 0 Å². The zero-order chi connectivity index (χ0) is 18.1. The van der Waals surface area contributed by atoms with Gasteiger partial charge in [0.25, 0.3) is 5.56 Å². The van der Waals surface area contributed by atoms with Gasteiger partial charge in [0, 0.05) is 28.0 Å². The first kappa shape index (κ1) is 16.7. The van der Waals surface area contributed by atoms with E-state index in [1.54, 1.807) is 13.1 Å². The van der Waals surface area contributed by atoms with E-state index in [2.05, 4.69) is 10.3 Å². The van der Waals surface area contributed by atoms with E-state index in [-0.39, 0.29) is 11.5 Å². The van der Waals surface area contributed by atoms with E-state index in [1.807, 2.05) is 29.6 Å². The number of carbonyl (C=O) groups is 1. The number of nitrogens with one attached hydrogen (secondary N) is 1. The second kappa shape index (κ2) is 6.89. The summed E-state index contributed by atoms with van der Waals surface area (Å²) in [4.78, 5) is 29.6. The van der Waals surface area contributed by atoms with E-state index in [4.69, 9.17) is 4.74 Å². The number of aromatic nitrogens is 2. The lowest BCUT2D eigenvalue weighted by atomic mass is 10.2. The summed E-state index contributed by atoms with van der Waals surface area (Å²) in [6, 6.07) is 9.27. The van der Waals surface area contributed by atoms with Crippen molar-refractivity contribution in [1.29, 1.82) is 0 Å². The minimum Gasteiger partial charge on any atom is -0.462 e. The summed E-state index contributed by atoms with van der Waals surface area (Å²) in [5, 5.41) is 6.10. The number of nitrogens with zero attached hydrogens (tertiary/aromatic N) is 2. The van der Waals surface area contributed by atoms with Crippen molar-refractivity contribution in [2.24, 2.45) is 0 Å². The number of fused-ring (bicyclic) bond motifs is 2. The molecule has 0 aliphatic carbocycles. The smallest absolute Gasteiger partial charge is 0.348 e. The Morgan fingerprint density at radius 1 is 1.31 bits per heavy atom. The Morgan fingerprint density at radius 3 is 3.04 bits per heavy atom. The van der Waals surface area contributed by atoms with Gasteiger partial charge in [-0.25, -0.2) is 9.78 Å². The summed E-state index contributed by atoms with van der Waals surface area (Å²) >= 11 is 2.85. The molecule has 3 heterocycles.